The van der Waals surface area contributed by atoms with Gasteiger partial charge in [0, 0.05) is 27.2 Å². The maximum atomic E-state index is 10.1. The Labute approximate surface area is 108 Å². The lowest BCUT2D eigenvalue weighted by atomic mass is 9.86. The highest BCUT2D eigenvalue weighted by molar-refractivity contribution is 5.07. The van der Waals surface area contributed by atoms with Gasteiger partial charge in [-0.2, -0.15) is 0 Å². The molecule has 2 fully saturated rings. The van der Waals surface area contributed by atoms with Crippen molar-refractivity contribution in [3.63, 3.8) is 0 Å². The largest absolute Gasteiger partial charge is 0.390 e. The van der Waals surface area contributed by atoms with Crippen LogP contribution in [0.4, 0.5) is 0 Å². The van der Waals surface area contributed by atoms with Crippen LogP contribution < -0.4 is 0 Å². The minimum atomic E-state index is -0.678. The number of hydrogen-bond acceptors (Lipinski definition) is 5. The fourth-order valence-electron chi connectivity index (χ4n) is 3.18. The van der Waals surface area contributed by atoms with E-state index in [0.717, 1.165) is 19.4 Å². The Hall–Kier alpha value is -0.200. The maximum absolute atomic E-state index is 10.1. The van der Waals surface area contributed by atoms with Gasteiger partial charge in [0.15, 0.2) is 0 Å². The van der Waals surface area contributed by atoms with Crippen LogP contribution in [-0.2, 0) is 18.9 Å². The number of ether oxygens (including phenoxy) is 4. The molecule has 0 saturated carbocycles. The van der Waals surface area contributed by atoms with Crippen molar-refractivity contribution in [2.45, 2.75) is 49.6 Å². The van der Waals surface area contributed by atoms with Crippen molar-refractivity contribution in [3.05, 3.63) is 0 Å². The normalized spacial score (nSPS) is 41.7. The van der Waals surface area contributed by atoms with E-state index >= 15 is 0 Å². The molecule has 2 aliphatic rings. The quantitative estimate of drug-likeness (QED) is 0.790. The second kappa shape index (κ2) is 5.43. The van der Waals surface area contributed by atoms with Crippen LogP contribution in [0.1, 0.15) is 26.2 Å². The Bertz CT molecular complexity index is 272. The average molecular weight is 260 g/mol. The molecule has 4 atom stereocenters. The van der Waals surface area contributed by atoms with Crippen LogP contribution in [0.5, 0.6) is 0 Å². The predicted molar refractivity (Wildman–Crippen MR) is 65.6 cm³/mol. The molecule has 0 amide bonds. The molecular weight excluding hydrogens is 236 g/mol. The monoisotopic (exact) mass is 260 g/mol. The second-order valence-corrected chi connectivity index (χ2v) is 5.44. The minimum absolute atomic E-state index is 0.0176. The van der Waals surface area contributed by atoms with E-state index in [1.807, 2.05) is 0 Å². The lowest BCUT2D eigenvalue weighted by Crippen LogP contribution is -2.50. The van der Waals surface area contributed by atoms with Crippen molar-refractivity contribution >= 4 is 0 Å². The molecule has 0 aliphatic carbocycles. The third-order valence-corrected chi connectivity index (χ3v) is 4.13. The third kappa shape index (κ3) is 2.30. The number of aliphatic hydroxyl groups excluding tert-OH is 1. The van der Waals surface area contributed by atoms with Crippen LogP contribution in [-0.4, -0.2) is 62.6 Å². The van der Waals surface area contributed by atoms with E-state index in [1.165, 1.54) is 0 Å². The van der Waals surface area contributed by atoms with E-state index in [1.54, 1.807) is 21.1 Å². The Morgan fingerprint density at radius 2 is 2.06 bits per heavy atom. The van der Waals surface area contributed by atoms with Gasteiger partial charge in [-0.05, 0) is 19.8 Å². The first-order valence-corrected chi connectivity index (χ1v) is 6.56. The molecule has 0 aromatic heterocycles. The first-order chi connectivity index (χ1) is 8.58. The fourth-order valence-corrected chi connectivity index (χ4v) is 3.18. The zero-order valence-corrected chi connectivity index (χ0v) is 11.5. The SMILES string of the molecule is COC[C@@]12CCCO[C@H]1C[C@@](COC)([C@@H](C)O)O2. The summed E-state index contributed by atoms with van der Waals surface area (Å²) in [6.07, 6.45) is 1.91. The van der Waals surface area contributed by atoms with E-state index in [2.05, 4.69) is 0 Å². The summed E-state index contributed by atoms with van der Waals surface area (Å²) < 4.78 is 22.6. The highest BCUT2D eigenvalue weighted by Crippen LogP contribution is 2.46. The van der Waals surface area contributed by atoms with Crippen molar-refractivity contribution in [2.24, 2.45) is 0 Å². The number of methoxy groups -OCH3 is 2. The number of aliphatic hydroxyl groups is 1. The summed E-state index contributed by atoms with van der Waals surface area (Å²) in [6.45, 7) is 3.37. The minimum Gasteiger partial charge on any atom is -0.390 e. The molecular formula is C13H24O5. The van der Waals surface area contributed by atoms with Crippen LogP contribution in [0.3, 0.4) is 0 Å². The van der Waals surface area contributed by atoms with Gasteiger partial charge < -0.3 is 24.1 Å². The Morgan fingerprint density at radius 1 is 1.33 bits per heavy atom. The van der Waals surface area contributed by atoms with Crippen molar-refractivity contribution in [2.75, 3.05) is 34.0 Å². The van der Waals surface area contributed by atoms with Gasteiger partial charge in [0.1, 0.15) is 11.2 Å². The average Bonchev–Trinajstić information content (AvgIpc) is 2.65. The zero-order chi connectivity index (χ0) is 13.2. The summed E-state index contributed by atoms with van der Waals surface area (Å²) >= 11 is 0. The standard InChI is InChI=1S/C13H24O5/c1-10(14)13(9-16-3)7-11-12(18-13,8-15-2)5-4-6-17-11/h10-11,14H,4-9H2,1-3H3/t10-,11+,12+,13-/m1/s1. The summed E-state index contributed by atoms with van der Waals surface area (Å²) in [4.78, 5) is 0. The molecule has 18 heavy (non-hydrogen) atoms. The van der Waals surface area contributed by atoms with Gasteiger partial charge in [-0.3, -0.25) is 0 Å². The van der Waals surface area contributed by atoms with Gasteiger partial charge in [0.2, 0.25) is 0 Å². The highest BCUT2D eigenvalue weighted by Gasteiger charge is 2.59. The molecule has 5 nitrogen and oxygen atoms in total. The second-order valence-electron chi connectivity index (χ2n) is 5.44. The molecule has 0 aromatic carbocycles. The molecule has 1 N–H and O–H groups in total. The summed E-state index contributed by atoms with van der Waals surface area (Å²) in [6, 6.07) is 0. The van der Waals surface area contributed by atoms with Gasteiger partial charge in [0.25, 0.3) is 0 Å². The number of fused-ring (bicyclic) bond motifs is 1. The zero-order valence-electron chi connectivity index (χ0n) is 11.5. The lowest BCUT2D eigenvalue weighted by Gasteiger charge is -2.39. The Kier molecular flexibility index (Phi) is 4.29. The van der Waals surface area contributed by atoms with Crippen molar-refractivity contribution in [3.8, 4) is 0 Å². The molecule has 0 unspecified atom stereocenters. The molecule has 2 saturated heterocycles. The first-order valence-electron chi connectivity index (χ1n) is 6.56. The molecule has 2 aliphatic heterocycles. The number of rotatable bonds is 5. The topological polar surface area (TPSA) is 57.2 Å². The van der Waals surface area contributed by atoms with Crippen LogP contribution in [0.25, 0.3) is 0 Å². The molecule has 5 heteroatoms. The van der Waals surface area contributed by atoms with Crippen molar-refractivity contribution < 1.29 is 24.1 Å². The molecule has 0 bridgehead atoms. The van der Waals surface area contributed by atoms with Gasteiger partial charge in [-0.1, -0.05) is 0 Å². The van der Waals surface area contributed by atoms with Gasteiger partial charge >= 0.3 is 0 Å². The first kappa shape index (κ1) is 14.2. The summed E-state index contributed by atoms with van der Waals surface area (Å²) in [5.41, 5.74) is -1.11. The van der Waals surface area contributed by atoms with Crippen LogP contribution in [0, 0.1) is 0 Å². The van der Waals surface area contributed by atoms with E-state index < -0.39 is 17.3 Å². The van der Waals surface area contributed by atoms with Crippen molar-refractivity contribution in [1.82, 2.24) is 0 Å². The molecule has 2 rings (SSSR count). The van der Waals surface area contributed by atoms with E-state index in [9.17, 15) is 5.11 Å². The number of hydrogen-bond donors (Lipinski definition) is 1. The summed E-state index contributed by atoms with van der Waals surface area (Å²) in [5.74, 6) is 0. The third-order valence-electron chi connectivity index (χ3n) is 4.13. The summed E-state index contributed by atoms with van der Waals surface area (Å²) in [7, 11) is 3.29. The van der Waals surface area contributed by atoms with Gasteiger partial charge in [-0.15, -0.1) is 0 Å². The molecule has 0 aromatic rings. The molecule has 106 valence electrons. The van der Waals surface area contributed by atoms with E-state index in [0.29, 0.717) is 19.6 Å². The molecule has 2 heterocycles. The van der Waals surface area contributed by atoms with E-state index in [4.69, 9.17) is 18.9 Å². The Balaban J connectivity index is 2.22. The maximum Gasteiger partial charge on any atom is 0.120 e. The van der Waals surface area contributed by atoms with Crippen molar-refractivity contribution in [1.29, 1.82) is 0 Å². The Morgan fingerprint density at radius 3 is 2.67 bits per heavy atom. The summed E-state index contributed by atoms with van der Waals surface area (Å²) in [5, 5.41) is 10.1. The van der Waals surface area contributed by atoms with Gasteiger partial charge in [-0.25, -0.2) is 0 Å². The van der Waals surface area contributed by atoms with Crippen LogP contribution >= 0.6 is 0 Å². The smallest absolute Gasteiger partial charge is 0.120 e. The van der Waals surface area contributed by atoms with Gasteiger partial charge in [0.05, 0.1) is 25.4 Å². The lowest BCUT2D eigenvalue weighted by molar-refractivity contribution is -0.212. The predicted octanol–water partition coefficient (Wildman–Crippen LogP) is 0.737. The molecule has 0 spiro atoms. The van der Waals surface area contributed by atoms with Crippen LogP contribution in [0.15, 0.2) is 0 Å². The highest BCUT2D eigenvalue weighted by atomic mass is 16.6. The van der Waals surface area contributed by atoms with E-state index in [-0.39, 0.29) is 6.10 Å². The molecule has 0 radical (unpaired) electrons. The van der Waals surface area contributed by atoms with Crippen LogP contribution in [0.2, 0.25) is 0 Å². The fraction of sp³-hybridized carbons (Fsp3) is 1.00.